The minimum atomic E-state index is -0.170. The molecule has 1 amide bonds. The first-order chi connectivity index (χ1) is 10.0. The third kappa shape index (κ3) is 3.31. The number of hydrogen-bond acceptors (Lipinski definition) is 4. The minimum absolute atomic E-state index is 0.170. The zero-order valence-corrected chi connectivity index (χ0v) is 11.7. The van der Waals surface area contributed by atoms with Crippen LogP contribution in [0.5, 0.6) is 0 Å². The third-order valence-electron chi connectivity index (χ3n) is 3.16. The molecule has 0 spiro atoms. The Morgan fingerprint density at radius 3 is 2.43 bits per heavy atom. The first-order valence-corrected chi connectivity index (χ1v) is 6.41. The summed E-state index contributed by atoms with van der Waals surface area (Å²) in [4.78, 5) is 13.9. The highest BCUT2D eigenvalue weighted by molar-refractivity contribution is 5.99. The lowest BCUT2D eigenvalue weighted by Gasteiger charge is -2.18. The molecule has 0 heterocycles. The van der Waals surface area contributed by atoms with Crippen molar-refractivity contribution in [3.05, 3.63) is 59.2 Å². The van der Waals surface area contributed by atoms with E-state index in [2.05, 4.69) is 6.07 Å². The molecule has 2 rings (SSSR count). The van der Waals surface area contributed by atoms with E-state index < -0.39 is 0 Å². The van der Waals surface area contributed by atoms with Gasteiger partial charge in [-0.3, -0.25) is 4.79 Å². The standard InChI is InChI=1S/C16H16N4O/c1-20(10-12-4-2-11(9-17)3-5-12)16(21)14-7-6-13(18)8-15(14)19/h2-8H,10,18-19H2,1H3. The van der Waals surface area contributed by atoms with Gasteiger partial charge < -0.3 is 16.4 Å². The van der Waals surface area contributed by atoms with Crippen LogP contribution in [0.25, 0.3) is 0 Å². The number of nitriles is 1. The van der Waals surface area contributed by atoms with E-state index in [4.69, 9.17) is 16.7 Å². The first kappa shape index (κ1) is 14.4. The van der Waals surface area contributed by atoms with E-state index in [1.54, 1.807) is 42.3 Å². The summed E-state index contributed by atoms with van der Waals surface area (Å²) in [5.41, 5.74) is 14.3. The topological polar surface area (TPSA) is 96.1 Å². The lowest BCUT2D eigenvalue weighted by Crippen LogP contribution is -2.27. The minimum Gasteiger partial charge on any atom is -0.399 e. The number of nitrogens with two attached hydrogens (primary N) is 2. The Hall–Kier alpha value is -3.00. The molecule has 5 heteroatoms. The van der Waals surface area contributed by atoms with Gasteiger partial charge in [0, 0.05) is 25.0 Å². The molecule has 0 atom stereocenters. The number of nitrogen functional groups attached to an aromatic ring is 2. The number of carbonyl (C=O) groups is 1. The Bertz CT molecular complexity index is 701. The molecule has 0 bridgehead atoms. The number of carbonyl (C=O) groups excluding carboxylic acids is 1. The summed E-state index contributed by atoms with van der Waals surface area (Å²) < 4.78 is 0. The number of hydrogen-bond donors (Lipinski definition) is 2. The number of anilines is 2. The Balaban J connectivity index is 2.13. The zero-order chi connectivity index (χ0) is 15.4. The van der Waals surface area contributed by atoms with Crippen molar-refractivity contribution in [3.63, 3.8) is 0 Å². The van der Waals surface area contributed by atoms with Crippen molar-refractivity contribution in [1.29, 1.82) is 5.26 Å². The summed E-state index contributed by atoms with van der Waals surface area (Å²) in [6.07, 6.45) is 0. The van der Waals surface area contributed by atoms with Crippen molar-refractivity contribution in [2.24, 2.45) is 0 Å². The van der Waals surface area contributed by atoms with Gasteiger partial charge in [-0.05, 0) is 35.9 Å². The molecule has 5 nitrogen and oxygen atoms in total. The molecule has 0 fully saturated rings. The summed E-state index contributed by atoms with van der Waals surface area (Å²) in [5.74, 6) is -0.170. The summed E-state index contributed by atoms with van der Waals surface area (Å²) in [6, 6.07) is 14.0. The maximum atomic E-state index is 12.4. The van der Waals surface area contributed by atoms with Gasteiger partial charge in [0.1, 0.15) is 0 Å². The van der Waals surface area contributed by atoms with Gasteiger partial charge in [0.2, 0.25) is 0 Å². The Kier molecular flexibility index (Phi) is 4.10. The molecule has 0 saturated heterocycles. The summed E-state index contributed by atoms with van der Waals surface area (Å²) in [5, 5.41) is 8.76. The van der Waals surface area contributed by atoms with Crippen LogP contribution in [-0.2, 0) is 6.54 Å². The van der Waals surface area contributed by atoms with Gasteiger partial charge in [0.15, 0.2) is 0 Å². The maximum Gasteiger partial charge on any atom is 0.255 e. The van der Waals surface area contributed by atoms with Crippen LogP contribution < -0.4 is 11.5 Å². The van der Waals surface area contributed by atoms with Gasteiger partial charge >= 0.3 is 0 Å². The lowest BCUT2D eigenvalue weighted by molar-refractivity contribution is 0.0786. The van der Waals surface area contributed by atoms with E-state index in [1.807, 2.05) is 12.1 Å². The second kappa shape index (κ2) is 5.97. The van der Waals surface area contributed by atoms with Crippen molar-refractivity contribution in [3.8, 4) is 6.07 Å². The van der Waals surface area contributed by atoms with Crippen molar-refractivity contribution in [1.82, 2.24) is 4.90 Å². The fraction of sp³-hybridized carbons (Fsp3) is 0.125. The summed E-state index contributed by atoms with van der Waals surface area (Å²) in [6.45, 7) is 0.439. The molecule has 0 aliphatic heterocycles. The molecule has 106 valence electrons. The summed E-state index contributed by atoms with van der Waals surface area (Å²) in [7, 11) is 1.70. The average molecular weight is 280 g/mol. The lowest BCUT2D eigenvalue weighted by atomic mass is 10.1. The maximum absolute atomic E-state index is 12.4. The van der Waals surface area contributed by atoms with Gasteiger partial charge in [-0.15, -0.1) is 0 Å². The van der Waals surface area contributed by atoms with E-state index in [0.29, 0.717) is 29.0 Å². The normalized spacial score (nSPS) is 9.90. The van der Waals surface area contributed by atoms with Crippen molar-refractivity contribution in [2.45, 2.75) is 6.54 Å². The van der Waals surface area contributed by atoms with Crippen LogP contribution in [0.1, 0.15) is 21.5 Å². The molecule has 2 aromatic rings. The van der Waals surface area contributed by atoms with Crippen LogP contribution in [0, 0.1) is 11.3 Å². The smallest absolute Gasteiger partial charge is 0.255 e. The fourth-order valence-electron chi connectivity index (χ4n) is 2.01. The van der Waals surface area contributed by atoms with Gasteiger partial charge in [-0.25, -0.2) is 0 Å². The third-order valence-corrected chi connectivity index (χ3v) is 3.16. The van der Waals surface area contributed by atoms with Crippen molar-refractivity contribution >= 4 is 17.3 Å². The molecule has 0 radical (unpaired) electrons. The van der Waals surface area contributed by atoms with Crippen LogP contribution in [-0.4, -0.2) is 17.9 Å². The summed E-state index contributed by atoms with van der Waals surface area (Å²) >= 11 is 0. The molecule has 21 heavy (non-hydrogen) atoms. The predicted octanol–water partition coefficient (Wildman–Crippen LogP) is 1.99. The van der Waals surface area contributed by atoms with Crippen molar-refractivity contribution < 1.29 is 4.79 Å². The molecule has 4 N–H and O–H groups in total. The van der Waals surface area contributed by atoms with Gasteiger partial charge in [-0.1, -0.05) is 12.1 Å². The van der Waals surface area contributed by atoms with Crippen molar-refractivity contribution in [2.75, 3.05) is 18.5 Å². The highest BCUT2D eigenvalue weighted by atomic mass is 16.2. The zero-order valence-electron chi connectivity index (χ0n) is 11.7. The van der Waals surface area contributed by atoms with E-state index >= 15 is 0 Å². The van der Waals surface area contributed by atoms with Crippen LogP contribution >= 0.6 is 0 Å². The quantitative estimate of drug-likeness (QED) is 0.840. The average Bonchev–Trinajstić information content (AvgIpc) is 2.47. The number of benzene rings is 2. The predicted molar refractivity (Wildman–Crippen MR) is 82.2 cm³/mol. The van der Waals surface area contributed by atoms with Crippen LogP contribution in [0.15, 0.2) is 42.5 Å². The number of amides is 1. The first-order valence-electron chi connectivity index (χ1n) is 6.41. The van der Waals surface area contributed by atoms with E-state index in [9.17, 15) is 4.79 Å². The monoisotopic (exact) mass is 280 g/mol. The molecule has 0 unspecified atom stereocenters. The Morgan fingerprint density at radius 2 is 1.86 bits per heavy atom. The second-order valence-corrected chi connectivity index (χ2v) is 4.82. The van der Waals surface area contributed by atoms with Crippen LogP contribution in [0.3, 0.4) is 0 Å². The van der Waals surface area contributed by atoms with E-state index in [0.717, 1.165) is 5.56 Å². The highest BCUT2D eigenvalue weighted by Crippen LogP contribution is 2.18. The Morgan fingerprint density at radius 1 is 1.19 bits per heavy atom. The largest absolute Gasteiger partial charge is 0.399 e. The molecule has 2 aromatic carbocycles. The SMILES string of the molecule is CN(Cc1ccc(C#N)cc1)C(=O)c1ccc(N)cc1N. The molecule has 0 aliphatic carbocycles. The second-order valence-electron chi connectivity index (χ2n) is 4.82. The highest BCUT2D eigenvalue weighted by Gasteiger charge is 2.15. The fourth-order valence-corrected chi connectivity index (χ4v) is 2.01. The number of rotatable bonds is 3. The molecular formula is C16H16N4O. The van der Waals surface area contributed by atoms with Crippen LogP contribution in [0.2, 0.25) is 0 Å². The van der Waals surface area contributed by atoms with Gasteiger partial charge in [-0.2, -0.15) is 5.26 Å². The number of nitrogens with zero attached hydrogens (tertiary/aromatic N) is 2. The van der Waals surface area contributed by atoms with Gasteiger partial charge in [0.25, 0.3) is 5.91 Å². The van der Waals surface area contributed by atoms with Gasteiger partial charge in [0.05, 0.1) is 17.2 Å². The van der Waals surface area contributed by atoms with E-state index in [1.165, 1.54) is 0 Å². The molecular weight excluding hydrogens is 264 g/mol. The van der Waals surface area contributed by atoms with Crippen LogP contribution in [0.4, 0.5) is 11.4 Å². The Labute approximate surface area is 123 Å². The molecule has 0 aliphatic rings. The van der Waals surface area contributed by atoms with E-state index in [-0.39, 0.29) is 5.91 Å². The molecule has 0 saturated carbocycles. The molecule has 0 aromatic heterocycles.